The molecule has 1 unspecified atom stereocenters. The van der Waals surface area contributed by atoms with Gasteiger partial charge in [-0.3, -0.25) is 4.90 Å². The molecule has 3 rings (SSSR count). The molecular formula is C17H25ClN4O. The summed E-state index contributed by atoms with van der Waals surface area (Å²) in [4.78, 5) is 6.96. The summed E-state index contributed by atoms with van der Waals surface area (Å²) in [5, 5.41) is 7.62. The van der Waals surface area contributed by atoms with Crippen molar-refractivity contribution < 1.29 is 4.52 Å². The van der Waals surface area contributed by atoms with Crippen molar-refractivity contribution in [1.82, 2.24) is 20.4 Å². The first-order chi connectivity index (χ1) is 10.5. The van der Waals surface area contributed by atoms with E-state index in [2.05, 4.69) is 67.5 Å². The van der Waals surface area contributed by atoms with Crippen LogP contribution in [-0.4, -0.2) is 41.7 Å². The van der Waals surface area contributed by atoms with E-state index in [-0.39, 0.29) is 23.9 Å². The van der Waals surface area contributed by atoms with Gasteiger partial charge in [-0.2, -0.15) is 4.98 Å². The van der Waals surface area contributed by atoms with Crippen molar-refractivity contribution in [3.63, 3.8) is 0 Å². The predicted octanol–water partition coefficient (Wildman–Crippen LogP) is 2.70. The zero-order valence-electron chi connectivity index (χ0n) is 14.2. The topological polar surface area (TPSA) is 54.2 Å². The number of halogens is 1. The van der Waals surface area contributed by atoms with Crippen LogP contribution < -0.4 is 5.32 Å². The number of hydrogen-bond acceptors (Lipinski definition) is 5. The quantitative estimate of drug-likeness (QED) is 0.934. The molecule has 126 valence electrons. The van der Waals surface area contributed by atoms with Crippen LogP contribution in [0.4, 0.5) is 0 Å². The molecule has 1 fully saturated rings. The Balaban J connectivity index is 0.00000192. The molecule has 6 heteroatoms. The number of piperazine rings is 1. The van der Waals surface area contributed by atoms with Gasteiger partial charge in [0.1, 0.15) is 0 Å². The van der Waals surface area contributed by atoms with Crippen LogP contribution in [0.15, 0.2) is 28.8 Å². The summed E-state index contributed by atoms with van der Waals surface area (Å²) in [7, 11) is 2.10. The Morgan fingerprint density at radius 2 is 1.96 bits per heavy atom. The zero-order chi connectivity index (χ0) is 15.7. The van der Waals surface area contributed by atoms with Crippen molar-refractivity contribution >= 4 is 12.4 Å². The lowest BCUT2D eigenvalue weighted by molar-refractivity contribution is 0.190. The first-order valence-corrected chi connectivity index (χ1v) is 7.80. The van der Waals surface area contributed by atoms with Crippen molar-refractivity contribution in [2.45, 2.75) is 32.2 Å². The Labute approximate surface area is 143 Å². The van der Waals surface area contributed by atoms with Crippen LogP contribution in [0.25, 0.3) is 0 Å². The van der Waals surface area contributed by atoms with Gasteiger partial charge in [-0.05, 0) is 33.4 Å². The number of rotatable bonds is 3. The number of aryl methyl sites for hydroxylation is 1. The molecule has 5 nitrogen and oxygen atoms in total. The number of benzene rings is 1. The van der Waals surface area contributed by atoms with E-state index in [4.69, 9.17) is 9.51 Å². The molecule has 2 heterocycles. The Kier molecular flexibility index (Phi) is 5.45. The SMILES string of the molecule is Cc1ccc(C(C)(C)c2nc(C3CNCCN3C)no2)cc1.Cl. The number of likely N-dealkylation sites (N-methyl/N-ethyl adjacent to an activating group) is 1. The van der Waals surface area contributed by atoms with Gasteiger partial charge in [0, 0.05) is 19.6 Å². The van der Waals surface area contributed by atoms with Crippen LogP contribution in [-0.2, 0) is 5.41 Å². The van der Waals surface area contributed by atoms with E-state index < -0.39 is 0 Å². The highest BCUT2D eigenvalue weighted by Crippen LogP contribution is 2.31. The van der Waals surface area contributed by atoms with Crippen molar-refractivity contribution in [2.75, 3.05) is 26.7 Å². The molecule has 1 aromatic heterocycles. The summed E-state index contributed by atoms with van der Waals surface area (Å²) in [6, 6.07) is 8.68. The maximum atomic E-state index is 5.60. The van der Waals surface area contributed by atoms with E-state index in [1.807, 2.05) is 0 Å². The minimum Gasteiger partial charge on any atom is -0.338 e. The van der Waals surface area contributed by atoms with Gasteiger partial charge in [0.2, 0.25) is 5.89 Å². The molecule has 1 aromatic carbocycles. The summed E-state index contributed by atoms with van der Waals surface area (Å²) in [6.45, 7) is 9.20. The van der Waals surface area contributed by atoms with Gasteiger partial charge in [-0.15, -0.1) is 12.4 Å². The Hall–Kier alpha value is -1.43. The lowest BCUT2D eigenvalue weighted by Gasteiger charge is -2.30. The zero-order valence-corrected chi connectivity index (χ0v) is 15.0. The first kappa shape index (κ1) is 17.9. The molecule has 0 bridgehead atoms. The molecule has 0 saturated carbocycles. The highest BCUT2D eigenvalue weighted by molar-refractivity contribution is 5.85. The summed E-state index contributed by atoms with van der Waals surface area (Å²) >= 11 is 0. The summed E-state index contributed by atoms with van der Waals surface area (Å²) in [6.07, 6.45) is 0. The van der Waals surface area contributed by atoms with Crippen molar-refractivity contribution in [3.8, 4) is 0 Å². The molecule has 0 amide bonds. The summed E-state index contributed by atoms with van der Waals surface area (Å²) in [5.74, 6) is 1.44. The highest BCUT2D eigenvalue weighted by Gasteiger charge is 2.32. The van der Waals surface area contributed by atoms with E-state index in [0.29, 0.717) is 5.89 Å². The molecule has 1 aliphatic heterocycles. The molecular weight excluding hydrogens is 312 g/mol. The van der Waals surface area contributed by atoms with Crippen molar-refractivity contribution in [3.05, 3.63) is 47.1 Å². The van der Waals surface area contributed by atoms with E-state index in [1.54, 1.807) is 0 Å². The molecule has 1 aliphatic rings. The van der Waals surface area contributed by atoms with Gasteiger partial charge in [-0.1, -0.05) is 35.0 Å². The van der Waals surface area contributed by atoms with Crippen LogP contribution >= 0.6 is 12.4 Å². The van der Waals surface area contributed by atoms with Crippen molar-refractivity contribution in [2.24, 2.45) is 0 Å². The largest absolute Gasteiger partial charge is 0.338 e. The van der Waals surface area contributed by atoms with Gasteiger partial charge in [0.25, 0.3) is 0 Å². The average Bonchev–Trinajstić information content (AvgIpc) is 2.98. The van der Waals surface area contributed by atoms with Crippen molar-refractivity contribution in [1.29, 1.82) is 0 Å². The molecule has 1 saturated heterocycles. The minimum atomic E-state index is -0.292. The van der Waals surface area contributed by atoms with Gasteiger partial charge >= 0.3 is 0 Å². The number of nitrogens with one attached hydrogen (secondary N) is 1. The summed E-state index contributed by atoms with van der Waals surface area (Å²) in [5.41, 5.74) is 2.14. The van der Waals surface area contributed by atoms with E-state index >= 15 is 0 Å². The fourth-order valence-electron chi connectivity index (χ4n) is 2.81. The Bertz CT molecular complexity index is 638. The monoisotopic (exact) mass is 336 g/mol. The van der Waals surface area contributed by atoms with Gasteiger partial charge in [0.05, 0.1) is 11.5 Å². The van der Waals surface area contributed by atoms with E-state index in [1.165, 1.54) is 11.1 Å². The van der Waals surface area contributed by atoms with Gasteiger partial charge in [-0.25, -0.2) is 0 Å². The lowest BCUT2D eigenvalue weighted by Crippen LogP contribution is -2.44. The smallest absolute Gasteiger partial charge is 0.236 e. The Morgan fingerprint density at radius 3 is 2.61 bits per heavy atom. The number of nitrogens with zero attached hydrogens (tertiary/aromatic N) is 3. The second-order valence-electron chi connectivity index (χ2n) is 6.65. The predicted molar refractivity (Wildman–Crippen MR) is 93.1 cm³/mol. The minimum absolute atomic E-state index is 0. The van der Waals surface area contributed by atoms with Crippen LogP contribution in [0.1, 0.15) is 42.7 Å². The fourth-order valence-corrected chi connectivity index (χ4v) is 2.81. The maximum absolute atomic E-state index is 5.60. The fraction of sp³-hybridized carbons (Fsp3) is 0.529. The molecule has 1 N–H and O–H groups in total. The summed E-state index contributed by atoms with van der Waals surface area (Å²) < 4.78 is 5.60. The maximum Gasteiger partial charge on any atom is 0.236 e. The molecule has 0 spiro atoms. The third kappa shape index (κ3) is 3.57. The average molecular weight is 337 g/mol. The highest BCUT2D eigenvalue weighted by atomic mass is 35.5. The second kappa shape index (κ2) is 6.99. The standard InChI is InChI=1S/C17H24N4O.ClH/c1-12-5-7-13(8-6-12)17(2,3)16-19-15(20-22-16)14-11-18-9-10-21(14)4;/h5-8,14,18H,9-11H2,1-4H3;1H. The number of hydrogen-bond donors (Lipinski definition) is 1. The van der Waals surface area contributed by atoms with Crippen LogP contribution in [0.2, 0.25) is 0 Å². The number of aromatic nitrogens is 2. The molecule has 23 heavy (non-hydrogen) atoms. The molecule has 1 atom stereocenters. The van der Waals surface area contributed by atoms with Crippen LogP contribution in [0, 0.1) is 6.92 Å². The van der Waals surface area contributed by atoms with E-state index in [9.17, 15) is 0 Å². The first-order valence-electron chi connectivity index (χ1n) is 7.80. The normalized spacial score (nSPS) is 19.4. The molecule has 2 aromatic rings. The Morgan fingerprint density at radius 1 is 1.26 bits per heavy atom. The second-order valence-corrected chi connectivity index (χ2v) is 6.65. The van der Waals surface area contributed by atoms with E-state index in [0.717, 1.165) is 25.5 Å². The van der Waals surface area contributed by atoms with Gasteiger partial charge in [0.15, 0.2) is 5.82 Å². The third-order valence-corrected chi connectivity index (χ3v) is 4.56. The third-order valence-electron chi connectivity index (χ3n) is 4.56. The van der Waals surface area contributed by atoms with Crippen LogP contribution in [0.3, 0.4) is 0 Å². The lowest BCUT2D eigenvalue weighted by atomic mass is 9.84. The molecule has 0 radical (unpaired) electrons. The molecule has 0 aliphatic carbocycles. The van der Waals surface area contributed by atoms with Crippen LogP contribution in [0.5, 0.6) is 0 Å². The van der Waals surface area contributed by atoms with Gasteiger partial charge < -0.3 is 9.84 Å².